The lowest BCUT2D eigenvalue weighted by Crippen LogP contribution is -2.58. The van der Waals surface area contributed by atoms with Crippen LogP contribution in [0.2, 0.25) is 0 Å². The van der Waals surface area contributed by atoms with Gasteiger partial charge in [0, 0.05) is 50.0 Å². The number of methoxy groups -OCH3 is 1. The zero-order chi connectivity index (χ0) is 13.0. The maximum Gasteiger partial charge on any atom is 0.136 e. The van der Waals surface area contributed by atoms with Crippen molar-refractivity contribution >= 4 is 5.69 Å². The Balaban J connectivity index is 2.24. The van der Waals surface area contributed by atoms with Crippen molar-refractivity contribution in [3.05, 3.63) is 24.0 Å². The molecule has 0 atom stereocenters. The average Bonchev–Trinajstić information content (AvgIpc) is 2.39. The van der Waals surface area contributed by atoms with Crippen LogP contribution in [0.3, 0.4) is 0 Å². The van der Waals surface area contributed by atoms with Crippen molar-refractivity contribution in [2.45, 2.75) is 25.8 Å². The second kappa shape index (κ2) is 5.78. The molecule has 0 radical (unpaired) electrons. The van der Waals surface area contributed by atoms with Gasteiger partial charge in [-0.1, -0.05) is 0 Å². The highest BCUT2D eigenvalue weighted by Crippen LogP contribution is 2.28. The third-order valence-electron chi connectivity index (χ3n) is 4.01. The van der Waals surface area contributed by atoms with Gasteiger partial charge < -0.3 is 10.5 Å². The molecular formula is C14H24N3O+. The van der Waals surface area contributed by atoms with Crippen molar-refractivity contribution in [1.29, 1.82) is 0 Å². The molecule has 0 bridgehead atoms. The Morgan fingerprint density at radius 3 is 2.78 bits per heavy atom. The zero-order valence-corrected chi connectivity index (χ0v) is 11.4. The number of aryl methyl sites for hydroxylation is 1. The number of nitrogens with zero attached hydrogens (tertiary/aromatic N) is 2. The zero-order valence-electron chi connectivity index (χ0n) is 11.4. The van der Waals surface area contributed by atoms with Gasteiger partial charge in [0.05, 0.1) is 19.7 Å². The van der Waals surface area contributed by atoms with Gasteiger partial charge in [-0.05, 0) is 6.92 Å². The van der Waals surface area contributed by atoms with Gasteiger partial charge in [0.25, 0.3) is 0 Å². The SMILES string of the molecule is COCC[N+]1(c2ccnc(C)c2)CCC(N)CC1. The molecule has 1 aromatic rings. The lowest BCUT2D eigenvalue weighted by molar-refractivity contribution is 0.132. The summed E-state index contributed by atoms with van der Waals surface area (Å²) in [5.41, 5.74) is 8.47. The third kappa shape index (κ3) is 2.88. The molecule has 0 aromatic carbocycles. The van der Waals surface area contributed by atoms with Crippen LogP contribution in [0.4, 0.5) is 5.69 Å². The first kappa shape index (κ1) is 13.5. The number of aromatic nitrogens is 1. The Labute approximate surface area is 109 Å². The van der Waals surface area contributed by atoms with Crippen molar-refractivity contribution in [2.24, 2.45) is 5.73 Å². The molecule has 1 saturated heterocycles. The van der Waals surface area contributed by atoms with Crippen LogP contribution >= 0.6 is 0 Å². The number of piperidine rings is 1. The number of hydrogen-bond donors (Lipinski definition) is 1. The molecule has 1 aromatic heterocycles. The second-order valence-corrected chi connectivity index (χ2v) is 5.30. The molecule has 1 aliphatic heterocycles. The number of pyridine rings is 1. The number of nitrogens with two attached hydrogens (primary N) is 1. The number of hydrogen-bond acceptors (Lipinski definition) is 3. The Hall–Kier alpha value is -0.970. The van der Waals surface area contributed by atoms with Gasteiger partial charge in [-0.2, -0.15) is 0 Å². The van der Waals surface area contributed by atoms with E-state index in [2.05, 4.69) is 17.1 Å². The van der Waals surface area contributed by atoms with Crippen molar-refractivity contribution < 1.29 is 4.74 Å². The summed E-state index contributed by atoms with van der Waals surface area (Å²) < 4.78 is 6.28. The van der Waals surface area contributed by atoms with E-state index in [1.54, 1.807) is 7.11 Å². The second-order valence-electron chi connectivity index (χ2n) is 5.30. The van der Waals surface area contributed by atoms with Crippen LogP contribution in [0.15, 0.2) is 18.3 Å². The maximum atomic E-state index is 6.04. The normalized spacial score (nSPS) is 28.3. The number of likely N-dealkylation sites (tertiary alicyclic amines) is 1. The van der Waals surface area contributed by atoms with Crippen molar-refractivity contribution in [3.63, 3.8) is 0 Å². The van der Waals surface area contributed by atoms with Gasteiger partial charge in [0.15, 0.2) is 0 Å². The third-order valence-corrected chi connectivity index (χ3v) is 4.01. The Morgan fingerprint density at radius 2 is 2.17 bits per heavy atom. The standard InChI is InChI=1S/C14H24N3O/c1-12-11-14(3-6-16-12)17(9-10-18-2)7-4-13(15)5-8-17/h3,6,11,13H,4-5,7-10,15H2,1-2H3/q+1. The monoisotopic (exact) mass is 250 g/mol. The molecule has 4 heteroatoms. The molecule has 2 rings (SSSR count). The highest BCUT2D eigenvalue weighted by molar-refractivity contribution is 5.43. The van der Waals surface area contributed by atoms with E-state index in [1.807, 2.05) is 13.1 Å². The minimum absolute atomic E-state index is 0.363. The van der Waals surface area contributed by atoms with E-state index >= 15 is 0 Å². The molecule has 1 aliphatic rings. The Bertz CT molecular complexity index is 381. The van der Waals surface area contributed by atoms with E-state index in [1.165, 1.54) is 5.69 Å². The molecule has 0 unspecified atom stereocenters. The fourth-order valence-electron chi connectivity index (χ4n) is 2.78. The van der Waals surface area contributed by atoms with E-state index < -0.39 is 0 Å². The van der Waals surface area contributed by atoms with Crippen molar-refractivity contribution in [3.8, 4) is 0 Å². The van der Waals surface area contributed by atoms with Gasteiger partial charge in [-0.3, -0.25) is 9.47 Å². The molecule has 0 aliphatic carbocycles. The quantitative estimate of drug-likeness (QED) is 0.823. The number of rotatable bonds is 4. The number of ether oxygens (including phenoxy) is 1. The fourth-order valence-corrected chi connectivity index (χ4v) is 2.78. The molecule has 1 fully saturated rings. The topological polar surface area (TPSA) is 48.1 Å². The predicted molar refractivity (Wildman–Crippen MR) is 74.5 cm³/mol. The van der Waals surface area contributed by atoms with Gasteiger partial charge >= 0.3 is 0 Å². The smallest absolute Gasteiger partial charge is 0.136 e. The first-order chi connectivity index (χ1) is 8.66. The summed E-state index contributed by atoms with van der Waals surface area (Å²) in [5, 5.41) is 0. The molecule has 2 N–H and O–H groups in total. The summed E-state index contributed by atoms with van der Waals surface area (Å²) in [7, 11) is 1.77. The summed E-state index contributed by atoms with van der Waals surface area (Å²) >= 11 is 0. The Kier molecular flexibility index (Phi) is 4.32. The molecule has 0 spiro atoms. The fraction of sp³-hybridized carbons (Fsp3) is 0.643. The largest absolute Gasteiger partial charge is 0.379 e. The van der Waals surface area contributed by atoms with Crippen molar-refractivity contribution in [1.82, 2.24) is 9.47 Å². The summed E-state index contributed by atoms with van der Waals surface area (Å²) in [6.45, 7) is 6.07. The predicted octanol–water partition coefficient (Wildman–Crippen LogP) is 1.46. The highest BCUT2D eigenvalue weighted by atomic mass is 16.5. The summed E-state index contributed by atoms with van der Waals surface area (Å²) in [6.07, 6.45) is 4.09. The number of quaternary nitrogens is 1. The lowest BCUT2D eigenvalue weighted by Gasteiger charge is -2.42. The van der Waals surface area contributed by atoms with Gasteiger partial charge in [-0.25, -0.2) is 0 Å². The molecule has 0 amide bonds. The summed E-state index contributed by atoms with van der Waals surface area (Å²) in [4.78, 5) is 4.30. The first-order valence-corrected chi connectivity index (χ1v) is 6.70. The van der Waals surface area contributed by atoms with Crippen LogP contribution < -0.4 is 10.2 Å². The first-order valence-electron chi connectivity index (χ1n) is 6.70. The van der Waals surface area contributed by atoms with E-state index in [9.17, 15) is 0 Å². The molecule has 2 heterocycles. The van der Waals surface area contributed by atoms with E-state index in [4.69, 9.17) is 10.5 Å². The van der Waals surface area contributed by atoms with E-state index in [-0.39, 0.29) is 0 Å². The van der Waals surface area contributed by atoms with E-state index in [0.717, 1.165) is 49.3 Å². The van der Waals surface area contributed by atoms with Crippen LogP contribution in [-0.4, -0.2) is 44.4 Å². The van der Waals surface area contributed by atoms with Crippen LogP contribution in [0.1, 0.15) is 18.5 Å². The van der Waals surface area contributed by atoms with Crippen LogP contribution in [0.25, 0.3) is 0 Å². The molecule has 18 heavy (non-hydrogen) atoms. The summed E-state index contributed by atoms with van der Waals surface area (Å²) in [6, 6.07) is 4.70. The molecule has 0 saturated carbocycles. The molecular weight excluding hydrogens is 226 g/mol. The Morgan fingerprint density at radius 1 is 1.44 bits per heavy atom. The van der Waals surface area contributed by atoms with Gasteiger partial charge in [0.1, 0.15) is 12.2 Å². The average molecular weight is 250 g/mol. The minimum Gasteiger partial charge on any atom is -0.379 e. The van der Waals surface area contributed by atoms with Crippen LogP contribution in [0, 0.1) is 6.92 Å². The van der Waals surface area contributed by atoms with Crippen LogP contribution in [0.5, 0.6) is 0 Å². The lowest BCUT2D eigenvalue weighted by atomic mass is 10.0. The van der Waals surface area contributed by atoms with Gasteiger partial charge in [0.2, 0.25) is 0 Å². The van der Waals surface area contributed by atoms with E-state index in [0.29, 0.717) is 6.04 Å². The molecule has 4 nitrogen and oxygen atoms in total. The minimum atomic E-state index is 0.363. The highest BCUT2D eigenvalue weighted by Gasteiger charge is 2.34. The van der Waals surface area contributed by atoms with Crippen LogP contribution in [-0.2, 0) is 4.74 Å². The van der Waals surface area contributed by atoms with Crippen molar-refractivity contribution in [2.75, 3.05) is 33.4 Å². The van der Waals surface area contributed by atoms with Gasteiger partial charge in [-0.15, -0.1) is 0 Å². The summed E-state index contributed by atoms with van der Waals surface area (Å²) in [5.74, 6) is 0. The molecule has 100 valence electrons. The maximum absolute atomic E-state index is 6.04.